The van der Waals surface area contributed by atoms with Gasteiger partial charge in [-0.05, 0) is 10.8 Å². The molecule has 0 aliphatic heterocycles. The highest BCUT2D eigenvalue weighted by atomic mass is 35.5. The molecular formula is C17H10ClN. The van der Waals surface area contributed by atoms with E-state index in [9.17, 15) is 0 Å². The predicted molar refractivity (Wildman–Crippen MR) is 81.8 cm³/mol. The maximum absolute atomic E-state index is 6.33. The molecule has 19 heavy (non-hydrogen) atoms. The summed E-state index contributed by atoms with van der Waals surface area (Å²) in [7, 11) is 0. The maximum atomic E-state index is 6.33. The topological polar surface area (TPSA) is 12.9 Å². The average Bonchev–Trinajstić information content (AvgIpc) is 2.47. The summed E-state index contributed by atoms with van der Waals surface area (Å²) in [5.41, 5.74) is 0.974. The lowest BCUT2D eigenvalue weighted by Crippen LogP contribution is -1.86. The molecule has 4 aromatic rings. The zero-order chi connectivity index (χ0) is 12.8. The molecule has 0 aliphatic carbocycles. The van der Waals surface area contributed by atoms with Crippen LogP contribution in [0.1, 0.15) is 0 Å². The zero-order valence-electron chi connectivity index (χ0n) is 10.1. The van der Waals surface area contributed by atoms with Crippen LogP contribution in [-0.2, 0) is 0 Å². The third-order valence-corrected chi connectivity index (χ3v) is 3.84. The molecule has 0 bridgehead atoms. The maximum Gasteiger partial charge on any atom is 0.137 e. The summed E-state index contributed by atoms with van der Waals surface area (Å²) in [6.07, 6.45) is 0. The number of benzene rings is 3. The predicted octanol–water partition coefficient (Wildman–Crippen LogP) is 5.19. The molecule has 0 unspecified atom stereocenters. The lowest BCUT2D eigenvalue weighted by molar-refractivity contribution is 1.46. The number of rotatable bonds is 0. The lowest BCUT2D eigenvalue weighted by Gasteiger charge is -2.08. The first-order valence-corrected chi connectivity index (χ1v) is 6.58. The van der Waals surface area contributed by atoms with Gasteiger partial charge < -0.3 is 0 Å². The van der Waals surface area contributed by atoms with E-state index in [2.05, 4.69) is 35.3 Å². The Balaban J connectivity index is 2.34. The number of pyridine rings is 1. The first kappa shape index (κ1) is 10.8. The Kier molecular flexibility index (Phi) is 2.23. The van der Waals surface area contributed by atoms with Crippen LogP contribution in [0.25, 0.3) is 32.4 Å². The Labute approximate surface area is 115 Å². The van der Waals surface area contributed by atoms with E-state index in [0.29, 0.717) is 5.15 Å². The van der Waals surface area contributed by atoms with Gasteiger partial charge in [0.2, 0.25) is 0 Å². The molecule has 2 heteroatoms. The van der Waals surface area contributed by atoms with E-state index in [1.807, 2.05) is 30.3 Å². The summed E-state index contributed by atoms with van der Waals surface area (Å²) in [6.45, 7) is 0. The Morgan fingerprint density at radius 2 is 1.32 bits per heavy atom. The number of aromatic nitrogens is 1. The fourth-order valence-corrected chi connectivity index (χ4v) is 2.90. The molecule has 0 amide bonds. The van der Waals surface area contributed by atoms with E-state index in [-0.39, 0.29) is 0 Å². The Morgan fingerprint density at radius 1 is 0.632 bits per heavy atom. The van der Waals surface area contributed by atoms with E-state index in [1.54, 1.807) is 0 Å². The number of halogens is 1. The van der Waals surface area contributed by atoms with Crippen molar-refractivity contribution in [3.63, 3.8) is 0 Å². The van der Waals surface area contributed by atoms with Crippen molar-refractivity contribution in [1.82, 2.24) is 4.98 Å². The molecule has 4 rings (SSSR count). The normalized spacial score (nSPS) is 11.4. The molecule has 0 N–H and O–H groups in total. The summed E-state index contributed by atoms with van der Waals surface area (Å²) < 4.78 is 0. The number of hydrogen-bond acceptors (Lipinski definition) is 1. The van der Waals surface area contributed by atoms with Crippen LogP contribution in [0, 0.1) is 0 Å². The van der Waals surface area contributed by atoms with Gasteiger partial charge >= 0.3 is 0 Å². The Bertz CT molecular complexity index is 928. The standard InChI is InChI=1S/C17H10ClN/c18-17-15-8-4-3-7-13(15)14-10-9-11-5-1-2-6-12(11)16(14)19-17/h1-10H. The minimum absolute atomic E-state index is 0.569. The molecule has 0 radical (unpaired) electrons. The van der Waals surface area contributed by atoms with Crippen molar-refractivity contribution in [1.29, 1.82) is 0 Å². The van der Waals surface area contributed by atoms with Gasteiger partial charge in [0.25, 0.3) is 0 Å². The Hall–Kier alpha value is -2.12. The van der Waals surface area contributed by atoms with Crippen LogP contribution in [0.3, 0.4) is 0 Å². The van der Waals surface area contributed by atoms with Crippen molar-refractivity contribution in [2.45, 2.75) is 0 Å². The molecule has 0 aliphatic rings. The van der Waals surface area contributed by atoms with Gasteiger partial charge in [0, 0.05) is 16.2 Å². The van der Waals surface area contributed by atoms with E-state index in [0.717, 1.165) is 27.1 Å². The first-order chi connectivity index (χ1) is 9.34. The molecular weight excluding hydrogens is 254 g/mol. The third kappa shape index (κ3) is 1.52. The van der Waals surface area contributed by atoms with Crippen LogP contribution in [0.4, 0.5) is 0 Å². The second-order valence-electron chi connectivity index (χ2n) is 4.63. The van der Waals surface area contributed by atoms with Gasteiger partial charge in [-0.2, -0.15) is 0 Å². The minimum Gasteiger partial charge on any atom is -0.235 e. The van der Waals surface area contributed by atoms with Gasteiger partial charge in [0.05, 0.1) is 5.52 Å². The van der Waals surface area contributed by atoms with Crippen molar-refractivity contribution in [2.24, 2.45) is 0 Å². The fraction of sp³-hybridized carbons (Fsp3) is 0. The molecule has 0 spiro atoms. The highest BCUT2D eigenvalue weighted by Gasteiger charge is 2.08. The second-order valence-corrected chi connectivity index (χ2v) is 4.99. The van der Waals surface area contributed by atoms with E-state index in [1.165, 1.54) is 5.39 Å². The highest BCUT2D eigenvalue weighted by molar-refractivity contribution is 6.36. The summed E-state index contributed by atoms with van der Waals surface area (Å²) in [5, 5.41) is 6.22. The quantitative estimate of drug-likeness (QED) is 0.314. The van der Waals surface area contributed by atoms with Crippen LogP contribution >= 0.6 is 11.6 Å². The highest BCUT2D eigenvalue weighted by Crippen LogP contribution is 2.32. The number of hydrogen-bond donors (Lipinski definition) is 0. The van der Waals surface area contributed by atoms with Crippen LogP contribution in [0.15, 0.2) is 60.7 Å². The second kappa shape index (κ2) is 3.94. The fourth-order valence-electron chi connectivity index (χ4n) is 2.65. The monoisotopic (exact) mass is 263 g/mol. The molecule has 0 atom stereocenters. The minimum atomic E-state index is 0.569. The summed E-state index contributed by atoms with van der Waals surface area (Å²) in [4.78, 5) is 4.60. The van der Waals surface area contributed by atoms with Crippen molar-refractivity contribution >= 4 is 44.0 Å². The van der Waals surface area contributed by atoms with E-state index in [4.69, 9.17) is 11.6 Å². The van der Waals surface area contributed by atoms with Crippen LogP contribution in [-0.4, -0.2) is 4.98 Å². The van der Waals surface area contributed by atoms with Gasteiger partial charge in [-0.3, -0.25) is 0 Å². The largest absolute Gasteiger partial charge is 0.235 e. The van der Waals surface area contributed by atoms with Gasteiger partial charge in [-0.1, -0.05) is 72.3 Å². The van der Waals surface area contributed by atoms with Crippen molar-refractivity contribution < 1.29 is 0 Å². The average molecular weight is 264 g/mol. The third-order valence-electron chi connectivity index (χ3n) is 3.55. The van der Waals surface area contributed by atoms with E-state index < -0.39 is 0 Å². The van der Waals surface area contributed by atoms with Crippen molar-refractivity contribution in [2.75, 3.05) is 0 Å². The van der Waals surface area contributed by atoms with Gasteiger partial charge in [0.15, 0.2) is 0 Å². The molecule has 1 aromatic heterocycles. The molecule has 1 heterocycles. The number of nitrogens with zero attached hydrogens (tertiary/aromatic N) is 1. The summed E-state index contributed by atoms with van der Waals surface area (Å²) in [6, 6.07) is 20.7. The zero-order valence-corrected chi connectivity index (χ0v) is 10.9. The Morgan fingerprint density at radius 3 is 2.16 bits per heavy atom. The molecule has 3 aromatic carbocycles. The van der Waals surface area contributed by atoms with Gasteiger partial charge in [0.1, 0.15) is 5.15 Å². The van der Waals surface area contributed by atoms with Crippen LogP contribution in [0.2, 0.25) is 5.15 Å². The molecule has 90 valence electrons. The van der Waals surface area contributed by atoms with Crippen LogP contribution in [0.5, 0.6) is 0 Å². The molecule has 0 fully saturated rings. The van der Waals surface area contributed by atoms with Gasteiger partial charge in [-0.15, -0.1) is 0 Å². The number of fused-ring (bicyclic) bond motifs is 5. The lowest BCUT2D eigenvalue weighted by atomic mass is 10.0. The SMILES string of the molecule is Clc1nc2c3ccccc3ccc2c2ccccc12. The molecule has 0 saturated carbocycles. The van der Waals surface area contributed by atoms with Crippen molar-refractivity contribution in [3.8, 4) is 0 Å². The summed E-state index contributed by atoms with van der Waals surface area (Å²) in [5.74, 6) is 0. The first-order valence-electron chi connectivity index (χ1n) is 6.20. The van der Waals surface area contributed by atoms with Crippen LogP contribution < -0.4 is 0 Å². The van der Waals surface area contributed by atoms with E-state index >= 15 is 0 Å². The molecule has 0 saturated heterocycles. The smallest absolute Gasteiger partial charge is 0.137 e. The molecule has 1 nitrogen and oxygen atoms in total. The van der Waals surface area contributed by atoms with Gasteiger partial charge in [-0.25, -0.2) is 4.98 Å². The summed E-state index contributed by atoms with van der Waals surface area (Å²) >= 11 is 6.33. The van der Waals surface area contributed by atoms with Crippen molar-refractivity contribution in [3.05, 3.63) is 65.8 Å².